The number of carbonyl (C=O) groups is 3. The van der Waals surface area contributed by atoms with Gasteiger partial charge in [-0.25, -0.2) is 9.59 Å². The van der Waals surface area contributed by atoms with Crippen LogP contribution in [-0.2, 0) is 14.3 Å². The SMILES string of the molecule is CCOC(=O)c1sc(NC(=O)C(C)C)c(C(=O)OCC)c1C. The maximum absolute atomic E-state index is 12.1. The van der Waals surface area contributed by atoms with Crippen molar-refractivity contribution in [3.63, 3.8) is 0 Å². The van der Waals surface area contributed by atoms with E-state index in [1.165, 1.54) is 0 Å². The maximum Gasteiger partial charge on any atom is 0.348 e. The molecule has 22 heavy (non-hydrogen) atoms. The van der Waals surface area contributed by atoms with Crippen molar-refractivity contribution >= 4 is 34.2 Å². The van der Waals surface area contributed by atoms with Crippen LogP contribution >= 0.6 is 11.3 Å². The van der Waals surface area contributed by atoms with E-state index in [0.717, 1.165) is 11.3 Å². The molecule has 0 radical (unpaired) electrons. The molecule has 0 aliphatic rings. The molecular formula is C15H21NO5S. The molecule has 0 aliphatic heterocycles. The molecule has 0 spiro atoms. The standard InChI is InChI=1S/C15H21NO5S/c1-6-20-14(18)10-9(5)11(15(19)21-7-2)22-13(10)16-12(17)8(3)4/h8H,6-7H2,1-5H3,(H,16,17). The smallest absolute Gasteiger partial charge is 0.348 e. The van der Waals surface area contributed by atoms with Gasteiger partial charge in [-0.3, -0.25) is 4.79 Å². The fraction of sp³-hybridized carbons (Fsp3) is 0.533. The van der Waals surface area contributed by atoms with Gasteiger partial charge < -0.3 is 14.8 Å². The van der Waals surface area contributed by atoms with Crippen LogP contribution in [0, 0.1) is 12.8 Å². The van der Waals surface area contributed by atoms with Gasteiger partial charge in [-0.2, -0.15) is 0 Å². The number of nitrogens with one attached hydrogen (secondary N) is 1. The molecule has 1 heterocycles. The van der Waals surface area contributed by atoms with Crippen molar-refractivity contribution in [1.29, 1.82) is 0 Å². The molecule has 6 nitrogen and oxygen atoms in total. The average Bonchev–Trinajstić information content (AvgIpc) is 2.76. The van der Waals surface area contributed by atoms with Gasteiger partial charge >= 0.3 is 11.9 Å². The Kier molecular flexibility index (Phi) is 6.55. The number of rotatable bonds is 6. The summed E-state index contributed by atoms with van der Waals surface area (Å²) in [5.41, 5.74) is 0.671. The minimum Gasteiger partial charge on any atom is -0.462 e. The molecule has 0 saturated heterocycles. The van der Waals surface area contributed by atoms with Crippen molar-refractivity contribution in [3.8, 4) is 0 Å². The number of esters is 2. The summed E-state index contributed by atoms with van der Waals surface area (Å²) in [6.45, 7) is 8.96. The van der Waals surface area contributed by atoms with Gasteiger partial charge in [0.2, 0.25) is 5.91 Å². The highest BCUT2D eigenvalue weighted by atomic mass is 32.1. The average molecular weight is 327 g/mol. The molecule has 1 amide bonds. The number of hydrogen-bond donors (Lipinski definition) is 1. The number of hydrogen-bond acceptors (Lipinski definition) is 6. The summed E-state index contributed by atoms with van der Waals surface area (Å²) in [6.07, 6.45) is 0. The van der Waals surface area contributed by atoms with Crippen molar-refractivity contribution in [2.75, 3.05) is 18.5 Å². The summed E-state index contributed by atoms with van der Waals surface area (Å²) in [5.74, 6) is -1.56. The molecule has 1 aromatic heterocycles. The molecule has 1 rings (SSSR count). The van der Waals surface area contributed by atoms with Crippen LogP contribution in [0.2, 0.25) is 0 Å². The fourth-order valence-corrected chi connectivity index (χ4v) is 2.79. The summed E-state index contributed by atoms with van der Waals surface area (Å²) in [5, 5.41) is 3.00. The predicted octanol–water partition coefficient (Wildman–Crippen LogP) is 3.00. The number of ether oxygens (including phenoxy) is 2. The van der Waals surface area contributed by atoms with Crippen LogP contribution in [-0.4, -0.2) is 31.1 Å². The first-order valence-electron chi connectivity index (χ1n) is 7.11. The molecular weight excluding hydrogens is 306 g/mol. The zero-order valence-corrected chi connectivity index (χ0v) is 14.3. The van der Waals surface area contributed by atoms with Crippen molar-refractivity contribution in [2.24, 2.45) is 5.92 Å². The van der Waals surface area contributed by atoms with E-state index < -0.39 is 11.9 Å². The molecule has 0 atom stereocenters. The van der Waals surface area contributed by atoms with E-state index >= 15 is 0 Å². The molecule has 0 aliphatic carbocycles. The van der Waals surface area contributed by atoms with E-state index in [4.69, 9.17) is 9.47 Å². The number of carbonyl (C=O) groups excluding carboxylic acids is 3. The molecule has 1 N–H and O–H groups in total. The van der Waals surface area contributed by atoms with Gasteiger partial charge in [0.05, 0.1) is 18.8 Å². The Labute approximate surface area is 133 Å². The summed E-state index contributed by atoms with van der Waals surface area (Å²) in [4.78, 5) is 36.3. The molecule has 0 fully saturated rings. The van der Waals surface area contributed by atoms with Crippen molar-refractivity contribution in [1.82, 2.24) is 0 Å². The summed E-state index contributed by atoms with van der Waals surface area (Å²) in [7, 11) is 0. The molecule has 0 bridgehead atoms. The van der Waals surface area contributed by atoms with Crippen molar-refractivity contribution in [3.05, 3.63) is 16.0 Å². The van der Waals surface area contributed by atoms with Crippen LogP contribution in [0.1, 0.15) is 53.3 Å². The van der Waals surface area contributed by atoms with Gasteiger partial charge in [0.15, 0.2) is 0 Å². The van der Waals surface area contributed by atoms with E-state index in [1.54, 1.807) is 34.6 Å². The third-order valence-corrected chi connectivity index (χ3v) is 4.04. The van der Waals surface area contributed by atoms with E-state index in [2.05, 4.69) is 5.32 Å². The minimum atomic E-state index is -0.564. The summed E-state index contributed by atoms with van der Waals surface area (Å²) < 4.78 is 9.98. The number of amides is 1. The minimum absolute atomic E-state index is 0.209. The lowest BCUT2D eigenvalue weighted by atomic mass is 10.1. The quantitative estimate of drug-likeness (QED) is 0.812. The Morgan fingerprint density at radius 1 is 1.09 bits per heavy atom. The Balaban J connectivity index is 3.27. The van der Waals surface area contributed by atoms with Crippen LogP contribution in [0.15, 0.2) is 0 Å². The normalized spacial score (nSPS) is 10.5. The van der Waals surface area contributed by atoms with Crippen LogP contribution < -0.4 is 5.32 Å². The second-order valence-electron chi connectivity index (χ2n) is 4.85. The summed E-state index contributed by atoms with van der Waals surface area (Å²) in [6, 6.07) is 0. The molecule has 122 valence electrons. The first kappa shape index (κ1) is 18.2. The second-order valence-corrected chi connectivity index (χ2v) is 5.87. The third kappa shape index (κ3) is 4.07. The fourth-order valence-electron chi connectivity index (χ4n) is 1.70. The maximum atomic E-state index is 12.1. The van der Waals surface area contributed by atoms with Crippen molar-refractivity contribution in [2.45, 2.75) is 34.6 Å². The van der Waals surface area contributed by atoms with Gasteiger partial charge in [-0.1, -0.05) is 13.8 Å². The van der Waals surface area contributed by atoms with Crippen LogP contribution in [0.5, 0.6) is 0 Å². The number of anilines is 1. The Morgan fingerprint density at radius 2 is 1.64 bits per heavy atom. The van der Waals surface area contributed by atoms with Gasteiger partial charge in [0.25, 0.3) is 0 Å². The largest absolute Gasteiger partial charge is 0.462 e. The van der Waals surface area contributed by atoms with E-state index in [9.17, 15) is 14.4 Å². The Morgan fingerprint density at radius 3 is 2.14 bits per heavy atom. The highest BCUT2D eigenvalue weighted by Gasteiger charge is 2.27. The third-order valence-electron chi connectivity index (χ3n) is 2.85. The highest BCUT2D eigenvalue weighted by Crippen LogP contribution is 2.34. The van der Waals surface area contributed by atoms with Gasteiger partial charge in [-0.05, 0) is 26.3 Å². The Bertz CT molecular complexity index is 577. The van der Waals surface area contributed by atoms with E-state index in [0.29, 0.717) is 15.4 Å². The molecule has 0 saturated carbocycles. The first-order chi connectivity index (χ1) is 10.3. The lowest BCUT2D eigenvalue weighted by molar-refractivity contribution is -0.118. The molecule has 0 aromatic carbocycles. The van der Waals surface area contributed by atoms with Gasteiger partial charge in [0.1, 0.15) is 9.88 Å². The second kappa shape index (κ2) is 7.93. The zero-order valence-electron chi connectivity index (χ0n) is 13.4. The number of thiophene rings is 1. The van der Waals surface area contributed by atoms with Gasteiger partial charge in [0, 0.05) is 5.92 Å². The molecule has 0 unspecified atom stereocenters. The van der Waals surface area contributed by atoms with E-state index in [1.807, 2.05) is 0 Å². The van der Waals surface area contributed by atoms with Crippen LogP contribution in [0.4, 0.5) is 5.00 Å². The molecule has 7 heteroatoms. The molecule has 1 aromatic rings. The van der Waals surface area contributed by atoms with Crippen molar-refractivity contribution < 1.29 is 23.9 Å². The predicted molar refractivity (Wildman–Crippen MR) is 84.4 cm³/mol. The lowest BCUT2D eigenvalue weighted by Crippen LogP contribution is -2.19. The highest BCUT2D eigenvalue weighted by molar-refractivity contribution is 7.18. The van der Waals surface area contributed by atoms with Crippen LogP contribution in [0.25, 0.3) is 0 Å². The monoisotopic (exact) mass is 327 g/mol. The van der Waals surface area contributed by atoms with Gasteiger partial charge in [-0.15, -0.1) is 11.3 Å². The van der Waals surface area contributed by atoms with E-state index in [-0.39, 0.29) is 30.6 Å². The summed E-state index contributed by atoms with van der Waals surface area (Å²) >= 11 is 1.03. The van der Waals surface area contributed by atoms with Crippen LogP contribution in [0.3, 0.4) is 0 Å². The lowest BCUT2D eigenvalue weighted by Gasteiger charge is -2.08. The Hall–Kier alpha value is -1.89. The zero-order chi connectivity index (χ0) is 16.9. The first-order valence-corrected chi connectivity index (χ1v) is 7.93. The topological polar surface area (TPSA) is 81.7 Å².